The topological polar surface area (TPSA) is 32.5 Å². The smallest absolute Gasteiger partial charge is 0.138 e. The van der Waals surface area contributed by atoms with Gasteiger partial charge in [0.1, 0.15) is 5.76 Å². The zero-order chi connectivity index (χ0) is 13.9. The fourth-order valence-electron chi connectivity index (χ4n) is 3.34. The summed E-state index contributed by atoms with van der Waals surface area (Å²) < 4.78 is 5.27. The van der Waals surface area contributed by atoms with Crippen LogP contribution >= 0.6 is 11.8 Å². The molecular formula is C15H25N3OS. The number of hydrogen-bond donors (Lipinski definition) is 0. The van der Waals surface area contributed by atoms with Gasteiger partial charge in [-0.25, -0.2) is 0 Å². The van der Waals surface area contributed by atoms with Crippen LogP contribution in [0.15, 0.2) is 4.52 Å². The highest BCUT2D eigenvalue weighted by atomic mass is 32.2. The van der Waals surface area contributed by atoms with Crippen molar-refractivity contribution in [2.24, 2.45) is 0 Å². The number of hydrogen-bond acceptors (Lipinski definition) is 5. The summed E-state index contributed by atoms with van der Waals surface area (Å²) in [7, 11) is 0. The lowest BCUT2D eigenvalue weighted by Crippen LogP contribution is -2.47. The standard InChI is InChI=1S/C15H25N3OS/c1-12-15(13(2)19-16-12)11-17-5-3-14(4-6-17)18-7-9-20-10-8-18/h14H,3-11H2,1-2H3. The molecule has 2 aliphatic rings. The monoisotopic (exact) mass is 295 g/mol. The van der Waals surface area contributed by atoms with Crippen LogP contribution in [0.2, 0.25) is 0 Å². The Morgan fingerprint density at radius 1 is 1.15 bits per heavy atom. The number of aromatic nitrogens is 1. The Morgan fingerprint density at radius 2 is 1.85 bits per heavy atom. The Bertz CT molecular complexity index is 415. The minimum absolute atomic E-state index is 0.816. The molecule has 0 saturated carbocycles. The van der Waals surface area contributed by atoms with Crippen LogP contribution in [0.1, 0.15) is 29.9 Å². The molecule has 20 heavy (non-hydrogen) atoms. The molecule has 2 saturated heterocycles. The summed E-state index contributed by atoms with van der Waals surface area (Å²) in [5, 5.41) is 4.06. The first-order valence-corrected chi connectivity index (χ1v) is 8.85. The van der Waals surface area contributed by atoms with Gasteiger partial charge in [0.2, 0.25) is 0 Å². The van der Waals surface area contributed by atoms with Gasteiger partial charge < -0.3 is 4.52 Å². The first-order chi connectivity index (χ1) is 9.74. The van der Waals surface area contributed by atoms with Crippen LogP contribution in [-0.2, 0) is 6.54 Å². The number of aryl methyl sites for hydroxylation is 2. The SMILES string of the molecule is Cc1noc(C)c1CN1CCC(N2CCSCC2)CC1. The molecule has 0 aliphatic carbocycles. The first kappa shape index (κ1) is 14.4. The van der Waals surface area contributed by atoms with Crippen LogP contribution in [0.3, 0.4) is 0 Å². The van der Waals surface area contributed by atoms with E-state index in [2.05, 4.69) is 26.7 Å². The second-order valence-electron chi connectivity index (χ2n) is 5.96. The number of likely N-dealkylation sites (tertiary alicyclic amines) is 1. The Hall–Kier alpha value is -0.520. The van der Waals surface area contributed by atoms with Gasteiger partial charge in [-0.05, 0) is 39.8 Å². The minimum Gasteiger partial charge on any atom is -0.361 e. The Labute approximate surface area is 125 Å². The van der Waals surface area contributed by atoms with E-state index in [0.717, 1.165) is 24.0 Å². The average Bonchev–Trinajstić information content (AvgIpc) is 2.81. The second kappa shape index (κ2) is 6.50. The normalized spacial score (nSPS) is 23.3. The highest BCUT2D eigenvalue weighted by Crippen LogP contribution is 2.23. The predicted octanol–water partition coefficient (Wildman–Crippen LogP) is 2.30. The first-order valence-electron chi connectivity index (χ1n) is 7.70. The molecule has 0 spiro atoms. The molecular weight excluding hydrogens is 270 g/mol. The number of thioether (sulfide) groups is 1. The zero-order valence-electron chi connectivity index (χ0n) is 12.6. The van der Waals surface area contributed by atoms with E-state index >= 15 is 0 Å². The average molecular weight is 295 g/mol. The lowest BCUT2D eigenvalue weighted by Gasteiger charge is -2.40. The number of piperidine rings is 1. The number of nitrogens with zero attached hydrogens (tertiary/aromatic N) is 3. The molecule has 2 fully saturated rings. The highest BCUT2D eigenvalue weighted by molar-refractivity contribution is 7.99. The van der Waals surface area contributed by atoms with Gasteiger partial charge in [-0.15, -0.1) is 0 Å². The quantitative estimate of drug-likeness (QED) is 0.854. The molecule has 0 amide bonds. The van der Waals surface area contributed by atoms with E-state index in [1.807, 2.05) is 13.8 Å². The van der Waals surface area contributed by atoms with Crippen molar-refractivity contribution in [2.75, 3.05) is 37.7 Å². The minimum atomic E-state index is 0.816. The van der Waals surface area contributed by atoms with E-state index in [0.29, 0.717) is 0 Å². The van der Waals surface area contributed by atoms with Gasteiger partial charge in [-0.2, -0.15) is 11.8 Å². The van der Waals surface area contributed by atoms with Gasteiger partial charge in [0.25, 0.3) is 0 Å². The van der Waals surface area contributed by atoms with Gasteiger partial charge in [0, 0.05) is 42.7 Å². The van der Waals surface area contributed by atoms with Gasteiger partial charge in [0.05, 0.1) is 5.69 Å². The van der Waals surface area contributed by atoms with Crippen LogP contribution in [0.25, 0.3) is 0 Å². The third-order valence-electron chi connectivity index (χ3n) is 4.68. The summed E-state index contributed by atoms with van der Waals surface area (Å²) in [6.07, 6.45) is 2.63. The van der Waals surface area contributed by atoms with Crippen LogP contribution in [0, 0.1) is 13.8 Å². The molecule has 112 valence electrons. The Kier molecular flexibility index (Phi) is 4.68. The Morgan fingerprint density at radius 3 is 2.45 bits per heavy atom. The van der Waals surface area contributed by atoms with Crippen molar-refractivity contribution in [1.82, 2.24) is 15.0 Å². The van der Waals surface area contributed by atoms with Crippen molar-refractivity contribution in [1.29, 1.82) is 0 Å². The third kappa shape index (κ3) is 3.21. The van der Waals surface area contributed by atoms with E-state index in [4.69, 9.17) is 4.52 Å². The zero-order valence-corrected chi connectivity index (χ0v) is 13.4. The van der Waals surface area contributed by atoms with Crippen LogP contribution in [0.4, 0.5) is 0 Å². The lowest BCUT2D eigenvalue weighted by molar-refractivity contribution is 0.112. The van der Waals surface area contributed by atoms with E-state index in [1.54, 1.807) is 0 Å². The summed E-state index contributed by atoms with van der Waals surface area (Å²) in [5.74, 6) is 3.62. The molecule has 3 rings (SSSR count). The maximum absolute atomic E-state index is 5.27. The van der Waals surface area contributed by atoms with Gasteiger partial charge in [0.15, 0.2) is 0 Å². The van der Waals surface area contributed by atoms with Gasteiger partial charge >= 0.3 is 0 Å². The van der Waals surface area contributed by atoms with Crippen molar-refractivity contribution >= 4 is 11.8 Å². The number of rotatable bonds is 3. The van der Waals surface area contributed by atoms with E-state index < -0.39 is 0 Å². The summed E-state index contributed by atoms with van der Waals surface area (Å²) >= 11 is 2.10. The molecule has 0 N–H and O–H groups in total. The lowest BCUT2D eigenvalue weighted by atomic mass is 10.0. The summed E-state index contributed by atoms with van der Waals surface area (Å²) in [5.41, 5.74) is 2.34. The Balaban J connectivity index is 1.51. The van der Waals surface area contributed by atoms with Crippen molar-refractivity contribution in [3.8, 4) is 0 Å². The van der Waals surface area contributed by atoms with Crippen LogP contribution < -0.4 is 0 Å². The molecule has 0 bridgehead atoms. The van der Waals surface area contributed by atoms with E-state index in [1.165, 1.54) is 56.1 Å². The predicted molar refractivity (Wildman–Crippen MR) is 83.2 cm³/mol. The van der Waals surface area contributed by atoms with Crippen LogP contribution in [0.5, 0.6) is 0 Å². The van der Waals surface area contributed by atoms with Crippen molar-refractivity contribution in [3.63, 3.8) is 0 Å². The maximum Gasteiger partial charge on any atom is 0.138 e. The van der Waals surface area contributed by atoms with E-state index in [-0.39, 0.29) is 0 Å². The molecule has 0 unspecified atom stereocenters. The molecule has 3 heterocycles. The molecule has 2 aliphatic heterocycles. The molecule has 1 aromatic rings. The fourth-order valence-corrected chi connectivity index (χ4v) is 4.27. The van der Waals surface area contributed by atoms with E-state index in [9.17, 15) is 0 Å². The molecule has 4 nitrogen and oxygen atoms in total. The maximum atomic E-state index is 5.27. The van der Waals surface area contributed by atoms with Crippen molar-refractivity contribution in [3.05, 3.63) is 17.0 Å². The van der Waals surface area contributed by atoms with Crippen LogP contribution in [-0.4, -0.2) is 58.7 Å². The summed E-state index contributed by atoms with van der Waals surface area (Å²) in [6, 6.07) is 0.816. The summed E-state index contributed by atoms with van der Waals surface area (Å²) in [6.45, 7) is 10.1. The molecule has 1 aromatic heterocycles. The van der Waals surface area contributed by atoms with Crippen molar-refractivity contribution in [2.45, 2.75) is 39.3 Å². The summed E-state index contributed by atoms with van der Waals surface area (Å²) in [4.78, 5) is 5.27. The third-order valence-corrected chi connectivity index (χ3v) is 5.62. The van der Waals surface area contributed by atoms with Gasteiger partial charge in [-0.3, -0.25) is 9.80 Å². The second-order valence-corrected chi connectivity index (χ2v) is 7.18. The molecule has 0 atom stereocenters. The molecule has 0 aromatic carbocycles. The highest BCUT2D eigenvalue weighted by Gasteiger charge is 2.26. The molecule has 0 radical (unpaired) electrons. The van der Waals surface area contributed by atoms with Crippen molar-refractivity contribution < 1.29 is 4.52 Å². The molecule has 5 heteroatoms. The van der Waals surface area contributed by atoms with Gasteiger partial charge in [-0.1, -0.05) is 5.16 Å². The largest absolute Gasteiger partial charge is 0.361 e. The fraction of sp³-hybridized carbons (Fsp3) is 0.800.